The minimum absolute atomic E-state index is 0.0608. The molecule has 1 atom stereocenters. The van der Waals surface area contributed by atoms with Gasteiger partial charge in [0.2, 0.25) is 0 Å². The van der Waals surface area contributed by atoms with E-state index in [4.69, 9.17) is 5.73 Å². The fourth-order valence-electron chi connectivity index (χ4n) is 1.69. The standard InChI is InChI=1S/C8H18N2/c1-8(9)5-3-4-6-10(2)7-8/h3-7,9H2,1-2H3. The van der Waals surface area contributed by atoms with Gasteiger partial charge < -0.3 is 10.6 Å². The van der Waals surface area contributed by atoms with Crippen LogP contribution in [-0.4, -0.2) is 30.6 Å². The summed E-state index contributed by atoms with van der Waals surface area (Å²) < 4.78 is 0. The SMILES string of the molecule is CN1CCCCC(C)(N)C1. The van der Waals surface area contributed by atoms with Crippen molar-refractivity contribution < 1.29 is 0 Å². The number of nitrogens with zero attached hydrogens (tertiary/aromatic N) is 1. The van der Waals surface area contributed by atoms with Crippen molar-refractivity contribution in [3.8, 4) is 0 Å². The molecule has 1 saturated heterocycles. The lowest BCUT2D eigenvalue weighted by Crippen LogP contribution is -2.45. The van der Waals surface area contributed by atoms with Crippen molar-refractivity contribution in [1.82, 2.24) is 4.90 Å². The first-order valence-electron chi connectivity index (χ1n) is 4.08. The summed E-state index contributed by atoms with van der Waals surface area (Å²) in [6.07, 6.45) is 3.78. The highest BCUT2D eigenvalue weighted by atomic mass is 15.1. The maximum atomic E-state index is 6.03. The fraction of sp³-hybridized carbons (Fsp3) is 1.00. The molecular weight excluding hydrogens is 124 g/mol. The molecule has 0 radical (unpaired) electrons. The van der Waals surface area contributed by atoms with Crippen LogP contribution in [0.15, 0.2) is 0 Å². The minimum Gasteiger partial charge on any atom is -0.324 e. The molecule has 0 aromatic rings. The first-order valence-corrected chi connectivity index (χ1v) is 4.08. The molecule has 0 aromatic heterocycles. The topological polar surface area (TPSA) is 29.3 Å². The van der Waals surface area contributed by atoms with Gasteiger partial charge in [-0.05, 0) is 33.4 Å². The van der Waals surface area contributed by atoms with Gasteiger partial charge in [-0.2, -0.15) is 0 Å². The van der Waals surface area contributed by atoms with Gasteiger partial charge in [-0.25, -0.2) is 0 Å². The zero-order chi connectivity index (χ0) is 7.61. The summed E-state index contributed by atoms with van der Waals surface area (Å²) in [7, 11) is 2.15. The maximum Gasteiger partial charge on any atom is 0.0254 e. The van der Waals surface area contributed by atoms with Crippen molar-refractivity contribution >= 4 is 0 Å². The molecule has 1 aliphatic heterocycles. The molecule has 1 heterocycles. The van der Waals surface area contributed by atoms with Crippen molar-refractivity contribution in [2.45, 2.75) is 31.7 Å². The normalized spacial score (nSPS) is 37.5. The molecule has 0 bridgehead atoms. The van der Waals surface area contributed by atoms with Crippen LogP contribution in [0, 0.1) is 0 Å². The predicted octanol–water partition coefficient (Wildman–Crippen LogP) is 0.820. The summed E-state index contributed by atoms with van der Waals surface area (Å²) in [5, 5.41) is 0. The van der Waals surface area contributed by atoms with Crippen LogP contribution >= 0.6 is 0 Å². The van der Waals surface area contributed by atoms with Gasteiger partial charge >= 0.3 is 0 Å². The molecule has 2 heteroatoms. The number of hydrogen-bond acceptors (Lipinski definition) is 2. The summed E-state index contributed by atoms with van der Waals surface area (Å²) in [4.78, 5) is 2.33. The fourth-order valence-corrected chi connectivity index (χ4v) is 1.69. The van der Waals surface area contributed by atoms with Crippen LogP contribution in [0.25, 0.3) is 0 Å². The Morgan fingerprint density at radius 1 is 1.40 bits per heavy atom. The van der Waals surface area contributed by atoms with Gasteiger partial charge in [0.25, 0.3) is 0 Å². The molecule has 1 aliphatic rings. The lowest BCUT2D eigenvalue weighted by atomic mass is 9.98. The van der Waals surface area contributed by atoms with E-state index < -0.39 is 0 Å². The van der Waals surface area contributed by atoms with Gasteiger partial charge in [-0.15, -0.1) is 0 Å². The Morgan fingerprint density at radius 3 is 2.80 bits per heavy atom. The molecule has 0 aliphatic carbocycles. The van der Waals surface area contributed by atoms with Gasteiger partial charge in [-0.3, -0.25) is 0 Å². The maximum absolute atomic E-state index is 6.03. The Labute approximate surface area is 63.4 Å². The molecule has 0 spiro atoms. The van der Waals surface area contributed by atoms with Crippen LogP contribution in [0.5, 0.6) is 0 Å². The Bertz CT molecular complexity index is 110. The molecule has 10 heavy (non-hydrogen) atoms. The predicted molar refractivity (Wildman–Crippen MR) is 43.9 cm³/mol. The number of rotatable bonds is 0. The largest absolute Gasteiger partial charge is 0.324 e. The number of likely N-dealkylation sites (tertiary alicyclic amines) is 1. The summed E-state index contributed by atoms with van der Waals surface area (Å²) in [5.41, 5.74) is 6.09. The first kappa shape index (κ1) is 8.02. The number of likely N-dealkylation sites (N-methyl/N-ethyl adjacent to an activating group) is 1. The summed E-state index contributed by atoms with van der Waals surface area (Å²) in [5.74, 6) is 0. The quantitative estimate of drug-likeness (QED) is 0.542. The van der Waals surface area contributed by atoms with E-state index in [1.54, 1.807) is 0 Å². The van der Waals surface area contributed by atoms with E-state index in [-0.39, 0.29) is 5.54 Å². The van der Waals surface area contributed by atoms with Crippen LogP contribution in [0.1, 0.15) is 26.2 Å². The molecule has 2 nitrogen and oxygen atoms in total. The Balaban J connectivity index is 2.46. The van der Waals surface area contributed by atoms with Gasteiger partial charge in [0, 0.05) is 12.1 Å². The van der Waals surface area contributed by atoms with E-state index in [1.807, 2.05) is 0 Å². The minimum atomic E-state index is 0.0608. The van der Waals surface area contributed by atoms with Gasteiger partial charge in [0.15, 0.2) is 0 Å². The zero-order valence-electron chi connectivity index (χ0n) is 7.06. The van der Waals surface area contributed by atoms with Crippen LogP contribution in [-0.2, 0) is 0 Å². The molecular formula is C8H18N2. The van der Waals surface area contributed by atoms with Crippen molar-refractivity contribution in [3.63, 3.8) is 0 Å². The lowest BCUT2D eigenvalue weighted by Gasteiger charge is -2.26. The molecule has 2 N–H and O–H groups in total. The van der Waals surface area contributed by atoms with Gasteiger partial charge in [0.05, 0.1) is 0 Å². The van der Waals surface area contributed by atoms with Crippen molar-refractivity contribution in [1.29, 1.82) is 0 Å². The number of hydrogen-bond donors (Lipinski definition) is 1. The second-order valence-electron chi connectivity index (χ2n) is 3.85. The molecule has 0 saturated carbocycles. The highest BCUT2D eigenvalue weighted by Crippen LogP contribution is 2.16. The molecule has 0 amide bonds. The van der Waals surface area contributed by atoms with Gasteiger partial charge in [-0.1, -0.05) is 6.42 Å². The van der Waals surface area contributed by atoms with Crippen LogP contribution in [0.2, 0.25) is 0 Å². The first-order chi connectivity index (χ1) is 4.60. The molecule has 60 valence electrons. The van der Waals surface area contributed by atoms with E-state index in [0.717, 1.165) is 6.54 Å². The zero-order valence-corrected chi connectivity index (χ0v) is 7.06. The van der Waals surface area contributed by atoms with Crippen LogP contribution in [0.4, 0.5) is 0 Å². The molecule has 1 unspecified atom stereocenters. The third-order valence-corrected chi connectivity index (χ3v) is 2.17. The van der Waals surface area contributed by atoms with Gasteiger partial charge in [0.1, 0.15) is 0 Å². The van der Waals surface area contributed by atoms with Crippen molar-refractivity contribution in [2.75, 3.05) is 20.1 Å². The summed E-state index contributed by atoms with van der Waals surface area (Å²) >= 11 is 0. The highest BCUT2D eigenvalue weighted by molar-refractivity contribution is 4.83. The van der Waals surface area contributed by atoms with E-state index in [1.165, 1.54) is 25.8 Å². The molecule has 0 aromatic carbocycles. The van der Waals surface area contributed by atoms with Crippen LogP contribution in [0.3, 0.4) is 0 Å². The second-order valence-corrected chi connectivity index (χ2v) is 3.85. The lowest BCUT2D eigenvalue weighted by molar-refractivity contribution is 0.280. The third kappa shape index (κ3) is 2.27. The summed E-state index contributed by atoms with van der Waals surface area (Å²) in [6, 6.07) is 0. The molecule has 1 fully saturated rings. The highest BCUT2D eigenvalue weighted by Gasteiger charge is 2.22. The van der Waals surface area contributed by atoms with E-state index in [0.29, 0.717) is 0 Å². The smallest absolute Gasteiger partial charge is 0.0254 e. The Kier molecular flexibility index (Phi) is 2.32. The van der Waals surface area contributed by atoms with E-state index in [9.17, 15) is 0 Å². The third-order valence-electron chi connectivity index (χ3n) is 2.17. The van der Waals surface area contributed by atoms with Crippen molar-refractivity contribution in [2.24, 2.45) is 5.73 Å². The molecule has 1 rings (SSSR count). The monoisotopic (exact) mass is 142 g/mol. The van der Waals surface area contributed by atoms with Crippen LogP contribution < -0.4 is 5.73 Å². The average molecular weight is 142 g/mol. The average Bonchev–Trinajstić information content (AvgIpc) is 1.90. The van der Waals surface area contributed by atoms with Crippen molar-refractivity contribution in [3.05, 3.63) is 0 Å². The Morgan fingerprint density at radius 2 is 2.10 bits per heavy atom. The Hall–Kier alpha value is -0.0800. The second kappa shape index (κ2) is 2.89. The van der Waals surface area contributed by atoms with E-state index in [2.05, 4.69) is 18.9 Å². The summed E-state index contributed by atoms with van der Waals surface area (Å²) in [6.45, 7) is 4.41. The van der Waals surface area contributed by atoms with E-state index >= 15 is 0 Å². The number of nitrogens with two attached hydrogens (primary N) is 1.